The van der Waals surface area contributed by atoms with E-state index >= 15 is 0 Å². The van der Waals surface area contributed by atoms with Gasteiger partial charge in [-0.15, -0.1) is 10.2 Å². The van der Waals surface area contributed by atoms with Gasteiger partial charge in [0.1, 0.15) is 5.75 Å². The minimum absolute atomic E-state index is 0.00620. The second kappa shape index (κ2) is 7.68. The van der Waals surface area contributed by atoms with Gasteiger partial charge in [0.25, 0.3) is 5.56 Å². The van der Waals surface area contributed by atoms with Gasteiger partial charge in [-0.2, -0.15) is 4.39 Å². The summed E-state index contributed by atoms with van der Waals surface area (Å²) in [6.45, 7) is 4.83. The van der Waals surface area contributed by atoms with Crippen LogP contribution in [0.15, 0.2) is 47.3 Å². The molecule has 2 fully saturated rings. The monoisotopic (exact) mass is 448 g/mol. The van der Waals surface area contributed by atoms with Crippen LogP contribution in [0.3, 0.4) is 0 Å². The van der Waals surface area contributed by atoms with E-state index in [1.807, 2.05) is 12.1 Å². The largest absolute Gasteiger partial charge is 0.507 e. The third kappa shape index (κ3) is 4.12. The topological polar surface area (TPSA) is 82.1 Å². The van der Waals surface area contributed by atoms with Gasteiger partial charge in [0.2, 0.25) is 0 Å². The van der Waals surface area contributed by atoms with Crippen LogP contribution in [0.5, 0.6) is 5.75 Å². The maximum absolute atomic E-state index is 13.5. The van der Waals surface area contributed by atoms with Gasteiger partial charge in [0, 0.05) is 24.7 Å². The molecule has 3 aromatic rings. The van der Waals surface area contributed by atoms with E-state index in [-0.39, 0.29) is 5.75 Å². The Labute approximate surface area is 192 Å². The summed E-state index contributed by atoms with van der Waals surface area (Å²) in [5.41, 5.74) is 2.31. The van der Waals surface area contributed by atoms with Gasteiger partial charge in [0.15, 0.2) is 11.8 Å². The van der Waals surface area contributed by atoms with Crippen molar-refractivity contribution in [2.75, 3.05) is 11.9 Å². The van der Waals surface area contributed by atoms with Gasteiger partial charge in [-0.1, -0.05) is 19.9 Å². The minimum Gasteiger partial charge on any atom is -0.507 e. The van der Waals surface area contributed by atoms with Crippen LogP contribution in [0.4, 0.5) is 10.2 Å². The highest BCUT2D eigenvalue weighted by molar-refractivity contribution is 5.74. The summed E-state index contributed by atoms with van der Waals surface area (Å²) in [6, 6.07) is 11.7. The van der Waals surface area contributed by atoms with E-state index in [9.17, 15) is 14.3 Å². The lowest BCUT2D eigenvalue weighted by molar-refractivity contribution is 0.148. The lowest BCUT2D eigenvalue weighted by atomic mass is 9.68. The van der Waals surface area contributed by atoms with E-state index < -0.39 is 11.5 Å². The molecule has 5 rings (SSSR count). The summed E-state index contributed by atoms with van der Waals surface area (Å²) in [4.78, 5) is 15.9. The van der Waals surface area contributed by atoms with E-state index in [2.05, 4.69) is 41.0 Å². The number of halogens is 1. The van der Waals surface area contributed by atoms with Crippen LogP contribution < -0.4 is 10.5 Å². The minimum atomic E-state index is -0.722. The Morgan fingerprint density at radius 1 is 1.03 bits per heavy atom. The molecule has 6 nitrogen and oxygen atoms in total. The molecule has 172 valence electrons. The first-order valence-corrected chi connectivity index (χ1v) is 11.4. The van der Waals surface area contributed by atoms with Crippen molar-refractivity contribution >= 4 is 5.82 Å². The maximum atomic E-state index is 13.5. The number of nitrogens with one attached hydrogen (secondary N) is 1. The molecule has 0 spiro atoms. The SMILES string of the molecule is CN(c1ccc(-c2ccc(-c3cc(F)[nH]c(=O)c3)cc2O)nn1)C1C[C@]2(C)CC[C@](C)(C1)C2. The molecule has 1 aromatic carbocycles. The van der Waals surface area contributed by atoms with E-state index in [0.717, 1.165) is 5.82 Å². The highest BCUT2D eigenvalue weighted by Gasteiger charge is 2.49. The number of hydrogen-bond acceptors (Lipinski definition) is 5. The van der Waals surface area contributed by atoms with Gasteiger partial charge < -0.3 is 10.0 Å². The zero-order chi connectivity index (χ0) is 23.4. The summed E-state index contributed by atoms with van der Waals surface area (Å²) < 4.78 is 13.5. The van der Waals surface area contributed by atoms with Crippen LogP contribution in [-0.2, 0) is 0 Å². The third-order valence-corrected chi connectivity index (χ3v) is 7.62. The van der Waals surface area contributed by atoms with Crippen LogP contribution in [0.1, 0.15) is 46.0 Å². The molecule has 7 heteroatoms. The number of rotatable bonds is 4. The van der Waals surface area contributed by atoms with Crippen molar-refractivity contribution in [3.63, 3.8) is 0 Å². The number of H-pyrrole nitrogens is 1. The van der Waals surface area contributed by atoms with Crippen LogP contribution >= 0.6 is 0 Å². The number of phenolic OH excluding ortho intramolecular Hbond substituents is 1. The standard InChI is InChI=1S/C26H29FN4O2/c1-25-8-9-26(2,15-25)14-18(13-25)31(3)23-7-6-20(29-30-23)19-5-4-16(10-21(19)32)17-11-22(27)28-24(33)12-17/h4-7,10-12,18,32H,8-9,13-15H2,1-3H3,(H,28,33)/t18?,25-,26+. The molecular formula is C26H29FN4O2. The number of anilines is 1. The average molecular weight is 449 g/mol. The Morgan fingerprint density at radius 2 is 1.76 bits per heavy atom. The molecule has 2 N–H and O–H groups in total. The zero-order valence-electron chi connectivity index (χ0n) is 19.2. The first-order chi connectivity index (χ1) is 15.6. The molecule has 2 bridgehead atoms. The number of benzene rings is 1. The third-order valence-electron chi connectivity index (χ3n) is 7.62. The fourth-order valence-electron chi connectivity index (χ4n) is 6.09. The van der Waals surface area contributed by atoms with E-state index in [0.29, 0.717) is 39.3 Å². The Kier molecular flexibility index (Phi) is 5.03. The molecular weight excluding hydrogens is 419 g/mol. The van der Waals surface area contributed by atoms with Gasteiger partial charge in [-0.05, 0) is 84.4 Å². The molecule has 2 aliphatic rings. The number of nitrogens with zero attached hydrogens (tertiary/aromatic N) is 3. The second-order valence-electron chi connectivity index (χ2n) is 10.6. The summed E-state index contributed by atoms with van der Waals surface area (Å²) >= 11 is 0. The molecule has 2 aromatic heterocycles. The lowest BCUT2D eigenvalue weighted by Gasteiger charge is -2.44. The number of pyridine rings is 1. The summed E-state index contributed by atoms with van der Waals surface area (Å²) in [5, 5.41) is 19.4. The molecule has 33 heavy (non-hydrogen) atoms. The highest BCUT2D eigenvalue weighted by Crippen LogP contribution is 2.58. The Bertz CT molecular complexity index is 1240. The molecule has 2 aliphatic carbocycles. The Balaban J connectivity index is 1.37. The molecule has 0 aliphatic heterocycles. The predicted molar refractivity (Wildman–Crippen MR) is 127 cm³/mol. The van der Waals surface area contributed by atoms with Gasteiger partial charge in [0.05, 0.1) is 5.69 Å². The van der Waals surface area contributed by atoms with Gasteiger partial charge >= 0.3 is 0 Å². The number of aromatic hydroxyl groups is 1. The normalized spacial score (nSPS) is 26.4. The Hall–Kier alpha value is -3.22. The molecule has 3 atom stereocenters. The molecule has 2 heterocycles. The summed E-state index contributed by atoms with van der Waals surface area (Å²) in [6.07, 6.45) is 6.27. The lowest BCUT2D eigenvalue weighted by Crippen LogP contribution is -2.42. The van der Waals surface area contributed by atoms with Crippen LogP contribution in [0.25, 0.3) is 22.4 Å². The van der Waals surface area contributed by atoms with Crippen LogP contribution in [0.2, 0.25) is 0 Å². The zero-order valence-corrected chi connectivity index (χ0v) is 19.2. The van der Waals surface area contributed by atoms with Crippen molar-refractivity contribution in [2.45, 2.75) is 52.0 Å². The van der Waals surface area contributed by atoms with Crippen molar-refractivity contribution in [1.29, 1.82) is 0 Å². The highest BCUT2D eigenvalue weighted by atomic mass is 19.1. The van der Waals surface area contributed by atoms with Gasteiger partial charge in [-0.25, -0.2) is 0 Å². The van der Waals surface area contributed by atoms with Crippen LogP contribution in [-0.4, -0.2) is 33.4 Å². The fourth-order valence-corrected chi connectivity index (χ4v) is 6.09. The number of aromatic amines is 1. The van der Waals surface area contributed by atoms with E-state index in [1.165, 1.54) is 50.3 Å². The van der Waals surface area contributed by atoms with Crippen molar-refractivity contribution in [3.8, 4) is 28.1 Å². The second-order valence-corrected chi connectivity index (χ2v) is 10.6. The predicted octanol–water partition coefficient (Wildman–Crippen LogP) is 5.14. The maximum Gasteiger partial charge on any atom is 0.250 e. The number of phenols is 1. The van der Waals surface area contributed by atoms with E-state index in [1.54, 1.807) is 12.1 Å². The molecule has 0 amide bonds. The van der Waals surface area contributed by atoms with Crippen molar-refractivity contribution in [1.82, 2.24) is 15.2 Å². The van der Waals surface area contributed by atoms with Crippen molar-refractivity contribution in [2.24, 2.45) is 10.8 Å². The number of aromatic nitrogens is 3. The van der Waals surface area contributed by atoms with Crippen LogP contribution in [0, 0.1) is 16.8 Å². The first-order valence-electron chi connectivity index (χ1n) is 11.4. The summed E-state index contributed by atoms with van der Waals surface area (Å²) in [7, 11) is 2.10. The molecule has 2 saturated carbocycles. The van der Waals surface area contributed by atoms with Crippen molar-refractivity contribution < 1.29 is 9.50 Å². The Morgan fingerprint density at radius 3 is 2.36 bits per heavy atom. The van der Waals surface area contributed by atoms with E-state index in [4.69, 9.17) is 0 Å². The number of hydrogen-bond donors (Lipinski definition) is 2. The van der Waals surface area contributed by atoms with Crippen molar-refractivity contribution in [3.05, 3.63) is 58.8 Å². The molecule has 0 radical (unpaired) electrons. The first kappa shape index (κ1) is 21.6. The van der Waals surface area contributed by atoms with Gasteiger partial charge in [-0.3, -0.25) is 9.78 Å². The molecule has 1 unspecified atom stereocenters. The summed E-state index contributed by atoms with van der Waals surface area (Å²) in [5.74, 6) is 0.0984. The quantitative estimate of drug-likeness (QED) is 0.540. The smallest absolute Gasteiger partial charge is 0.250 e. The fraction of sp³-hybridized carbons (Fsp3) is 0.423. The average Bonchev–Trinajstić information content (AvgIpc) is 2.99. The molecule has 0 saturated heterocycles. The number of fused-ring (bicyclic) bond motifs is 2.